The van der Waals surface area contributed by atoms with Gasteiger partial charge in [-0.1, -0.05) is 30.3 Å². The molecule has 0 bridgehead atoms. The van der Waals surface area contributed by atoms with Crippen LogP contribution >= 0.6 is 11.3 Å². The summed E-state index contributed by atoms with van der Waals surface area (Å²) in [6.07, 6.45) is 4.14. The molecule has 1 aromatic carbocycles. The van der Waals surface area contributed by atoms with E-state index in [4.69, 9.17) is 4.98 Å². The van der Waals surface area contributed by atoms with Crippen molar-refractivity contribution in [2.45, 2.75) is 25.5 Å². The van der Waals surface area contributed by atoms with Crippen LogP contribution in [0, 0.1) is 6.92 Å². The topological polar surface area (TPSA) is 60.4 Å². The quantitative estimate of drug-likeness (QED) is 0.606. The molecule has 0 amide bonds. The Kier molecular flexibility index (Phi) is 5.29. The molecule has 2 aliphatic heterocycles. The highest BCUT2D eigenvalue weighted by Crippen LogP contribution is 2.34. The third-order valence-electron chi connectivity index (χ3n) is 5.80. The fourth-order valence-electron chi connectivity index (χ4n) is 4.39. The van der Waals surface area contributed by atoms with Crippen LogP contribution in [0.15, 0.2) is 54.7 Å². The maximum absolute atomic E-state index is 10.7. The van der Waals surface area contributed by atoms with E-state index in [0.29, 0.717) is 6.42 Å². The molecule has 0 saturated carbocycles. The van der Waals surface area contributed by atoms with Gasteiger partial charge >= 0.3 is 0 Å². The summed E-state index contributed by atoms with van der Waals surface area (Å²) in [4.78, 5) is 8.48. The number of hydrogen-bond acceptors (Lipinski definition) is 6. The van der Waals surface area contributed by atoms with Crippen LogP contribution < -0.4 is 21.2 Å². The number of nitrogens with zero attached hydrogens (tertiary/aromatic N) is 2. The second-order valence-electron chi connectivity index (χ2n) is 7.94. The molecule has 2 atom stereocenters. The summed E-state index contributed by atoms with van der Waals surface area (Å²) in [5.74, 6) is 0. The van der Waals surface area contributed by atoms with Gasteiger partial charge in [0.25, 0.3) is 0 Å². The van der Waals surface area contributed by atoms with Crippen molar-refractivity contribution < 1.29 is 5.11 Å². The maximum atomic E-state index is 10.7. The van der Waals surface area contributed by atoms with E-state index in [1.165, 1.54) is 21.1 Å². The van der Waals surface area contributed by atoms with Crippen LogP contribution in [0.1, 0.15) is 28.5 Å². The fourth-order valence-corrected chi connectivity index (χ4v) is 5.27. The minimum Gasteiger partial charge on any atom is -0.388 e. The molecule has 0 spiro atoms. The van der Waals surface area contributed by atoms with Crippen molar-refractivity contribution >= 4 is 28.2 Å². The summed E-state index contributed by atoms with van der Waals surface area (Å²) in [6.45, 7) is 4.78. The Balaban J connectivity index is 1.48. The lowest BCUT2D eigenvalue weighted by Gasteiger charge is -2.37. The lowest BCUT2D eigenvalue weighted by molar-refractivity contribution is 0.135. The summed E-state index contributed by atoms with van der Waals surface area (Å²) in [5.41, 5.74) is 3.38. The van der Waals surface area contributed by atoms with Gasteiger partial charge in [-0.2, -0.15) is 0 Å². The first-order valence-electron chi connectivity index (χ1n) is 10.4. The van der Waals surface area contributed by atoms with Gasteiger partial charge in [-0.05, 0) is 37.1 Å². The molecular formula is C24H26N4OS. The number of thiophene rings is 1. The van der Waals surface area contributed by atoms with Crippen molar-refractivity contribution in [2.24, 2.45) is 0 Å². The van der Waals surface area contributed by atoms with Gasteiger partial charge in [-0.3, -0.25) is 4.98 Å². The van der Waals surface area contributed by atoms with Crippen molar-refractivity contribution in [1.82, 2.24) is 15.2 Å². The molecule has 2 aliphatic rings. The lowest BCUT2D eigenvalue weighted by Crippen LogP contribution is -2.52. The molecule has 6 heteroatoms. The largest absolute Gasteiger partial charge is 0.388 e. The van der Waals surface area contributed by atoms with Crippen LogP contribution in [0.4, 0.5) is 5.00 Å². The molecule has 1 fully saturated rings. The number of aromatic nitrogens is 1. The second-order valence-corrected chi connectivity index (χ2v) is 9.19. The first kappa shape index (κ1) is 19.3. The zero-order valence-electron chi connectivity index (χ0n) is 17.0. The molecular weight excluding hydrogens is 392 g/mol. The molecule has 1 saturated heterocycles. The van der Waals surface area contributed by atoms with Gasteiger partial charge in [0, 0.05) is 53.7 Å². The number of nitrogens with one attached hydrogen (secondary N) is 2. The minimum absolute atomic E-state index is 0.206. The number of pyridine rings is 1. The van der Waals surface area contributed by atoms with Gasteiger partial charge in [0.1, 0.15) is 5.00 Å². The number of anilines is 1. The Morgan fingerprint density at radius 3 is 2.97 bits per heavy atom. The number of aryl methyl sites for hydroxylation is 1. The SMILES string of the molecule is Cc1cc2c(s1)NC=c1cccnc1=C2N1CCNC(C[C@H](O)c2ccccc2)C1. The molecule has 4 heterocycles. The number of aliphatic hydroxyl groups excluding tert-OH is 1. The van der Waals surface area contributed by atoms with E-state index >= 15 is 0 Å². The van der Waals surface area contributed by atoms with E-state index in [1.54, 1.807) is 11.3 Å². The van der Waals surface area contributed by atoms with Crippen LogP contribution in [0.2, 0.25) is 0 Å². The van der Waals surface area contributed by atoms with Crippen LogP contribution in [-0.2, 0) is 0 Å². The summed E-state index contributed by atoms with van der Waals surface area (Å²) in [7, 11) is 0. The molecule has 0 aliphatic carbocycles. The van der Waals surface area contributed by atoms with Gasteiger partial charge in [0.05, 0.1) is 17.2 Å². The number of piperazine rings is 1. The molecule has 5 nitrogen and oxygen atoms in total. The highest BCUT2D eigenvalue weighted by atomic mass is 32.1. The van der Waals surface area contributed by atoms with E-state index in [-0.39, 0.29) is 6.04 Å². The van der Waals surface area contributed by atoms with Gasteiger partial charge in [-0.15, -0.1) is 11.3 Å². The molecule has 1 unspecified atom stereocenters. The van der Waals surface area contributed by atoms with Crippen LogP contribution in [0.5, 0.6) is 0 Å². The molecule has 0 radical (unpaired) electrons. The Bertz CT molecular complexity index is 1160. The van der Waals surface area contributed by atoms with Crippen LogP contribution in [0.25, 0.3) is 11.9 Å². The summed E-state index contributed by atoms with van der Waals surface area (Å²) < 4.78 is 0. The van der Waals surface area contributed by atoms with E-state index in [1.807, 2.05) is 42.6 Å². The van der Waals surface area contributed by atoms with Gasteiger partial charge < -0.3 is 20.6 Å². The maximum Gasteiger partial charge on any atom is 0.102 e. The fraction of sp³-hybridized carbons (Fsp3) is 0.292. The van der Waals surface area contributed by atoms with E-state index in [0.717, 1.165) is 35.8 Å². The number of fused-ring (bicyclic) bond motifs is 2. The lowest BCUT2D eigenvalue weighted by atomic mass is 10.00. The molecule has 2 aromatic heterocycles. The highest BCUT2D eigenvalue weighted by Gasteiger charge is 2.27. The Morgan fingerprint density at radius 2 is 2.10 bits per heavy atom. The average molecular weight is 419 g/mol. The molecule has 30 heavy (non-hydrogen) atoms. The first-order chi connectivity index (χ1) is 14.7. The molecule has 3 aromatic rings. The van der Waals surface area contributed by atoms with E-state index in [2.05, 4.69) is 40.8 Å². The Hall–Kier alpha value is -2.67. The number of hydrogen-bond donors (Lipinski definition) is 3. The molecule has 3 N–H and O–H groups in total. The highest BCUT2D eigenvalue weighted by molar-refractivity contribution is 7.16. The second kappa shape index (κ2) is 8.22. The predicted octanol–water partition coefficient (Wildman–Crippen LogP) is 2.17. The van der Waals surface area contributed by atoms with Crippen molar-refractivity contribution in [1.29, 1.82) is 0 Å². The zero-order valence-corrected chi connectivity index (χ0v) is 17.8. The monoisotopic (exact) mass is 418 g/mol. The van der Waals surface area contributed by atoms with Crippen molar-refractivity contribution in [3.63, 3.8) is 0 Å². The third-order valence-corrected chi connectivity index (χ3v) is 6.78. The van der Waals surface area contributed by atoms with Crippen LogP contribution in [0.3, 0.4) is 0 Å². The third kappa shape index (κ3) is 3.74. The normalized spacial score (nSPS) is 19.2. The summed E-state index contributed by atoms with van der Waals surface area (Å²) in [5, 5.41) is 21.1. The van der Waals surface area contributed by atoms with Crippen LogP contribution in [-0.4, -0.2) is 40.7 Å². The van der Waals surface area contributed by atoms with Gasteiger partial charge in [0.15, 0.2) is 0 Å². The van der Waals surface area contributed by atoms with E-state index < -0.39 is 6.10 Å². The summed E-state index contributed by atoms with van der Waals surface area (Å²) >= 11 is 1.78. The van der Waals surface area contributed by atoms with Gasteiger partial charge in [-0.25, -0.2) is 0 Å². The zero-order chi connectivity index (χ0) is 20.5. The minimum atomic E-state index is -0.470. The summed E-state index contributed by atoms with van der Waals surface area (Å²) in [6, 6.07) is 16.5. The first-order valence-corrected chi connectivity index (χ1v) is 11.2. The van der Waals surface area contributed by atoms with E-state index in [9.17, 15) is 5.11 Å². The Morgan fingerprint density at radius 1 is 1.23 bits per heavy atom. The Labute approximate surface area is 180 Å². The predicted molar refractivity (Wildman–Crippen MR) is 123 cm³/mol. The van der Waals surface area contributed by atoms with Crippen molar-refractivity contribution in [3.05, 3.63) is 81.3 Å². The number of benzene rings is 1. The van der Waals surface area contributed by atoms with Gasteiger partial charge in [0.2, 0.25) is 0 Å². The average Bonchev–Trinajstić information content (AvgIpc) is 3.07. The number of rotatable bonds is 4. The molecule has 5 rings (SSSR count). The smallest absolute Gasteiger partial charge is 0.102 e. The number of aliphatic hydroxyl groups is 1. The standard InChI is InChI=1S/C24H26N4OS/c1-16-12-20-23(22-18(8-5-9-26-22)14-27-24(20)30-16)28-11-10-25-19(15-28)13-21(29)17-6-3-2-4-7-17/h2-9,12,14,19,21,25,27,29H,10-11,13,15H2,1H3/t19?,21-/m0/s1. The van der Waals surface area contributed by atoms with Crippen molar-refractivity contribution in [3.8, 4) is 0 Å². The van der Waals surface area contributed by atoms with Crippen molar-refractivity contribution in [2.75, 3.05) is 25.0 Å². The molecule has 154 valence electrons.